The lowest BCUT2D eigenvalue weighted by Gasteiger charge is -2.33. The Balaban J connectivity index is 1.43. The Morgan fingerprint density at radius 2 is 1.93 bits per heavy atom. The van der Waals surface area contributed by atoms with Gasteiger partial charge in [0.1, 0.15) is 0 Å². The molecule has 0 N–H and O–H groups in total. The van der Waals surface area contributed by atoms with Crippen LogP contribution in [0.2, 0.25) is 0 Å². The van der Waals surface area contributed by atoms with Crippen molar-refractivity contribution in [1.82, 2.24) is 24.7 Å². The quantitative estimate of drug-likeness (QED) is 0.674. The van der Waals surface area contributed by atoms with Crippen LogP contribution in [0.1, 0.15) is 21.9 Å². The van der Waals surface area contributed by atoms with Crippen molar-refractivity contribution < 1.29 is 14.1 Å². The van der Waals surface area contributed by atoms with Gasteiger partial charge in [-0.05, 0) is 19.1 Å². The van der Waals surface area contributed by atoms with E-state index in [2.05, 4.69) is 15.2 Å². The molecule has 1 aliphatic rings. The highest BCUT2D eigenvalue weighted by atomic mass is 16.5. The van der Waals surface area contributed by atoms with Gasteiger partial charge in [-0.3, -0.25) is 9.69 Å². The fraction of sp³-hybridized carbons (Fsp3) is 0.350. The summed E-state index contributed by atoms with van der Waals surface area (Å²) in [7, 11) is 1.56. The molecular formula is C20H23N5O3. The van der Waals surface area contributed by atoms with Crippen molar-refractivity contribution in [2.24, 2.45) is 0 Å². The van der Waals surface area contributed by atoms with Crippen LogP contribution >= 0.6 is 0 Å². The van der Waals surface area contributed by atoms with Gasteiger partial charge in [-0.1, -0.05) is 23.4 Å². The summed E-state index contributed by atoms with van der Waals surface area (Å²) in [5, 5.41) is 8.40. The van der Waals surface area contributed by atoms with Gasteiger partial charge in [0.15, 0.2) is 17.2 Å². The number of aryl methyl sites for hydroxylation is 1. The van der Waals surface area contributed by atoms with Gasteiger partial charge in [0.05, 0.1) is 31.2 Å². The Morgan fingerprint density at radius 1 is 1.18 bits per heavy atom. The van der Waals surface area contributed by atoms with E-state index < -0.39 is 0 Å². The van der Waals surface area contributed by atoms with Crippen LogP contribution in [0.4, 0.5) is 0 Å². The maximum absolute atomic E-state index is 13.0. The Labute approximate surface area is 163 Å². The molecule has 1 saturated heterocycles. The third-order valence-electron chi connectivity index (χ3n) is 4.84. The molecule has 0 radical (unpaired) electrons. The average Bonchev–Trinajstić information content (AvgIpc) is 3.35. The molecule has 146 valence electrons. The fourth-order valence-corrected chi connectivity index (χ4v) is 3.34. The van der Waals surface area contributed by atoms with E-state index in [9.17, 15) is 4.79 Å². The number of nitrogens with zero attached hydrogens (tertiary/aromatic N) is 5. The van der Waals surface area contributed by atoms with Crippen LogP contribution in [-0.2, 0) is 6.54 Å². The van der Waals surface area contributed by atoms with Gasteiger partial charge in [-0.25, -0.2) is 4.68 Å². The molecule has 3 aromatic rings. The molecular weight excluding hydrogens is 358 g/mol. The molecule has 4 rings (SSSR count). The van der Waals surface area contributed by atoms with Crippen molar-refractivity contribution in [1.29, 1.82) is 0 Å². The first-order valence-electron chi connectivity index (χ1n) is 9.27. The first kappa shape index (κ1) is 18.2. The first-order valence-corrected chi connectivity index (χ1v) is 9.27. The lowest BCUT2D eigenvalue weighted by atomic mass is 10.2. The average molecular weight is 381 g/mol. The molecule has 2 aromatic heterocycles. The predicted molar refractivity (Wildman–Crippen MR) is 103 cm³/mol. The molecule has 1 fully saturated rings. The smallest absolute Gasteiger partial charge is 0.278 e. The van der Waals surface area contributed by atoms with Gasteiger partial charge < -0.3 is 14.2 Å². The number of ether oxygens (including phenoxy) is 1. The summed E-state index contributed by atoms with van der Waals surface area (Å²) < 4.78 is 12.4. The molecule has 1 aliphatic heterocycles. The van der Waals surface area contributed by atoms with Crippen LogP contribution in [0.3, 0.4) is 0 Å². The second-order valence-electron chi connectivity index (χ2n) is 6.83. The van der Waals surface area contributed by atoms with E-state index in [4.69, 9.17) is 9.26 Å². The van der Waals surface area contributed by atoms with Crippen LogP contribution in [0, 0.1) is 6.92 Å². The summed E-state index contributed by atoms with van der Waals surface area (Å²) in [6, 6.07) is 11.6. The number of carbonyl (C=O) groups is 1. The highest BCUT2D eigenvalue weighted by Gasteiger charge is 2.27. The van der Waals surface area contributed by atoms with Crippen molar-refractivity contribution in [3.8, 4) is 11.4 Å². The number of methoxy groups -OCH3 is 1. The summed E-state index contributed by atoms with van der Waals surface area (Å²) in [5.41, 5.74) is 2.10. The van der Waals surface area contributed by atoms with Gasteiger partial charge in [0, 0.05) is 32.2 Å². The number of carbonyl (C=O) groups excluding carboxylic acids is 1. The predicted octanol–water partition coefficient (Wildman–Crippen LogP) is 2.14. The summed E-state index contributed by atoms with van der Waals surface area (Å²) in [4.78, 5) is 17.1. The topological polar surface area (TPSA) is 76.6 Å². The van der Waals surface area contributed by atoms with Gasteiger partial charge in [0.2, 0.25) is 0 Å². The molecule has 0 atom stereocenters. The van der Waals surface area contributed by atoms with Crippen molar-refractivity contribution in [2.75, 3.05) is 33.3 Å². The molecule has 28 heavy (non-hydrogen) atoms. The normalized spacial score (nSPS) is 15.0. The maximum Gasteiger partial charge on any atom is 0.278 e. The van der Waals surface area contributed by atoms with Crippen LogP contribution in [0.15, 0.2) is 47.1 Å². The van der Waals surface area contributed by atoms with Crippen LogP contribution < -0.4 is 4.74 Å². The number of hydrogen-bond donors (Lipinski definition) is 0. The highest BCUT2D eigenvalue weighted by Crippen LogP contribution is 2.22. The van der Waals surface area contributed by atoms with E-state index >= 15 is 0 Å². The zero-order valence-electron chi connectivity index (χ0n) is 16.0. The number of para-hydroxylation sites is 1. The lowest BCUT2D eigenvalue weighted by Crippen LogP contribution is -2.48. The SMILES string of the molecule is COc1cn(-c2ccccc2)nc1C(=O)N1CCN(Cc2cc(C)no2)CC1. The van der Waals surface area contributed by atoms with Crippen LogP contribution in [0.25, 0.3) is 5.69 Å². The van der Waals surface area contributed by atoms with Gasteiger partial charge >= 0.3 is 0 Å². The van der Waals surface area contributed by atoms with Crippen LogP contribution in [-0.4, -0.2) is 63.9 Å². The number of aromatic nitrogens is 3. The Bertz CT molecular complexity index is 942. The van der Waals surface area contributed by atoms with E-state index in [0.717, 1.165) is 30.2 Å². The fourth-order valence-electron chi connectivity index (χ4n) is 3.34. The van der Waals surface area contributed by atoms with Gasteiger partial charge in [0.25, 0.3) is 5.91 Å². The molecule has 3 heterocycles. The minimum Gasteiger partial charge on any atom is -0.493 e. The van der Waals surface area contributed by atoms with Gasteiger partial charge in [-0.2, -0.15) is 5.10 Å². The number of amides is 1. The summed E-state index contributed by atoms with van der Waals surface area (Å²) in [6.45, 7) is 5.42. The highest BCUT2D eigenvalue weighted by molar-refractivity contribution is 5.95. The van der Waals surface area contributed by atoms with Crippen LogP contribution in [0.5, 0.6) is 5.75 Å². The van der Waals surface area contributed by atoms with E-state index in [1.54, 1.807) is 18.0 Å². The summed E-state index contributed by atoms with van der Waals surface area (Å²) >= 11 is 0. The van der Waals surface area contributed by atoms with E-state index in [1.807, 2.05) is 48.2 Å². The standard InChI is InChI=1S/C20H23N5O3/c1-15-12-17(28-22-15)13-23-8-10-24(11-9-23)20(26)19-18(27-2)14-25(21-19)16-6-4-3-5-7-16/h3-7,12,14H,8-11,13H2,1-2H3. The number of benzene rings is 1. The number of rotatable bonds is 5. The Morgan fingerprint density at radius 3 is 2.57 bits per heavy atom. The Kier molecular flexibility index (Phi) is 5.12. The molecule has 0 saturated carbocycles. The zero-order chi connectivity index (χ0) is 19.5. The summed E-state index contributed by atoms with van der Waals surface area (Å²) in [5.74, 6) is 1.22. The largest absolute Gasteiger partial charge is 0.493 e. The monoisotopic (exact) mass is 381 g/mol. The second-order valence-corrected chi connectivity index (χ2v) is 6.83. The van der Waals surface area contributed by atoms with Crippen molar-refractivity contribution >= 4 is 5.91 Å². The molecule has 0 unspecified atom stereocenters. The molecule has 8 nitrogen and oxygen atoms in total. The van der Waals surface area contributed by atoms with Crippen molar-refractivity contribution in [3.05, 3.63) is 59.7 Å². The molecule has 1 amide bonds. The van der Waals surface area contributed by atoms with E-state index in [-0.39, 0.29) is 5.91 Å². The van der Waals surface area contributed by atoms with E-state index in [1.165, 1.54) is 0 Å². The molecule has 0 bridgehead atoms. The van der Waals surface area contributed by atoms with Crippen molar-refractivity contribution in [3.63, 3.8) is 0 Å². The third kappa shape index (κ3) is 3.77. The maximum atomic E-state index is 13.0. The Hall–Kier alpha value is -3.13. The zero-order valence-corrected chi connectivity index (χ0v) is 16.0. The molecule has 8 heteroatoms. The molecule has 0 aliphatic carbocycles. The first-order chi connectivity index (χ1) is 13.6. The summed E-state index contributed by atoms with van der Waals surface area (Å²) in [6.07, 6.45) is 1.74. The van der Waals surface area contributed by atoms with Gasteiger partial charge in [-0.15, -0.1) is 0 Å². The number of hydrogen-bond acceptors (Lipinski definition) is 6. The van der Waals surface area contributed by atoms with E-state index in [0.29, 0.717) is 31.1 Å². The minimum absolute atomic E-state index is 0.110. The lowest BCUT2D eigenvalue weighted by molar-refractivity contribution is 0.0608. The van der Waals surface area contributed by atoms with Crippen molar-refractivity contribution in [2.45, 2.75) is 13.5 Å². The molecule has 0 spiro atoms. The number of piperazine rings is 1. The minimum atomic E-state index is -0.110. The molecule has 1 aromatic carbocycles. The second kappa shape index (κ2) is 7.85. The third-order valence-corrected chi connectivity index (χ3v) is 4.84.